The van der Waals surface area contributed by atoms with Gasteiger partial charge in [0.05, 0.1) is 22.8 Å². The van der Waals surface area contributed by atoms with E-state index in [-0.39, 0.29) is 23.2 Å². The molecule has 2 aliphatic rings. The minimum absolute atomic E-state index is 0.0437. The number of aliphatic hydroxyl groups is 1. The minimum Gasteiger partial charge on any atom is -0.385 e. The number of nitrogens with zero attached hydrogens (tertiary/aromatic N) is 2. The van der Waals surface area contributed by atoms with Crippen molar-refractivity contribution in [3.05, 3.63) is 34.9 Å². The van der Waals surface area contributed by atoms with Crippen LogP contribution in [0.15, 0.2) is 18.2 Å². The fourth-order valence-electron chi connectivity index (χ4n) is 4.12. The average molecular weight is 324 g/mol. The first-order chi connectivity index (χ1) is 10.7. The largest absolute Gasteiger partial charge is 0.416 e. The van der Waals surface area contributed by atoms with Gasteiger partial charge in [0.25, 0.3) is 0 Å². The van der Waals surface area contributed by atoms with Crippen LogP contribution in [0.2, 0.25) is 0 Å². The van der Waals surface area contributed by atoms with E-state index < -0.39 is 17.3 Å². The Hall–Kier alpha value is -1.58. The number of hydrogen-bond acceptors (Lipinski definition) is 3. The van der Waals surface area contributed by atoms with E-state index in [2.05, 4.69) is 4.90 Å². The zero-order chi connectivity index (χ0) is 16.8. The molecule has 0 saturated carbocycles. The molecule has 0 aliphatic carbocycles. The van der Waals surface area contributed by atoms with Gasteiger partial charge in [-0.25, -0.2) is 0 Å². The second-order valence-electron chi connectivity index (χ2n) is 6.71. The first-order valence-corrected chi connectivity index (χ1v) is 7.81. The number of hydrogen-bond donors (Lipinski definition) is 1. The molecule has 3 nitrogen and oxygen atoms in total. The zero-order valence-electron chi connectivity index (χ0n) is 12.9. The molecule has 1 N–H and O–H groups in total. The molecule has 2 heterocycles. The summed E-state index contributed by atoms with van der Waals surface area (Å²) >= 11 is 0. The van der Waals surface area contributed by atoms with Gasteiger partial charge in [0.2, 0.25) is 0 Å². The lowest BCUT2D eigenvalue weighted by Crippen LogP contribution is -2.55. The van der Waals surface area contributed by atoms with Gasteiger partial charge >= 0.3 is 6.18 Å². The summed E-state index contributed by atoms with van der Waals surface area (Å²) in [6.45, 7) is 0. The van der Waals surface area contributed by atoms with Crippen LogP contribution in [-0.2, 0) is 11.8 Å². The van der Waals surface area contributed by atoms with Crippen molar-refractivity contribution < 1.29 is 18.3 Å². The maximum absolute atomic E-state index is 13.4. The molecule has 0 amide bonds. The van der Waals surface area contributed by atoms with Gasteiger partial charge in [-0.15, -0.1) is 0 Å². The molecule has 3 rings (SSSR count). The Kier molecular flexibility index (Phi) is 3.89. The predicted molar refractivity (Wildman–Crippen MR) is 78.5 cm³/mol. The highest BCUT2D eigenvalue weighted by Crippen LogP contribution is 2.47. The molecule has 2 saturated heterocycles. The van der Waals surface area contributed by atoms with Gasteiger partial charge in [-0.1, -0.05) is 12.5 Å². The Morgan fingerprint density at radius 2 is 1.87 bits per heavy atom. The first-order valence-electron chi connectivity index (χ1n) is 7.81. The first kappa shape index (κ1) is 16.3. The molecule has 6 heteroatoms. The van der Waals surface area contributed by atoms with Crippen molar-refractivity contribution in [2.45, 2.75) is 56.0 Å². The number of rotatable bonds is 1. The SMILES string of the molecule is CN1C2CCCC1CC(O)(c1ccc(C#N)cc1C(F)(F)F)C2. The van der Waals surface area contributed by atoms with E-state index >= 15 is 0 Å². The molecule has 2 fully saturated rings. The molecule has 2 bridgehead atoms. The number of alkyl halides is 3. The minimum atomic E-state index is -4.59. The third-order valence-electron chi connectivity index (χ3n) is 5.33. The Bertz CT molecular complexity index is 636. The highest BCUT2D eigenvalue weighted by Gasteiger charge is 2.48. The summed E-state index contributed by atoms with van der Waals surface area (Å²) in [7, 11) is 1.98. The molecule has 2 aliphatic heterocycles. The topological polar surface area (TPSA) is 47.3 Å². The van der Waals surface area contributed by atoms with Gasteiger partial charge in [-0.05, 0) is 50.4 Å². The van der Waals surface area contributed by atoms with Crippen LogP contribution in [0.1, 0.15) is 48.8 Å². The maximum Gasteiger partial charge on any atom is 0.416 e. The molecule has 2 atom stereocenters. The summed E-state index contributed by atoms with van der Waals surface area (Å²) in [6.07, 6.45) is -1.14. The highest BCUT2D eigenvalue weighted by molar-refractivity contribution is 5.43. The molecule has 124 valence electrons. The van der Waals surface area contributed by atoms with Crippen molar-refractivity contribution in [2.24, 2.45) is 0 Å². The van der Waals surface area contributed by atoms with Crippen molar-refractivity contribution in [3.63, 3.8) is 0 Å². The normalized spacial score (nSPS) is 31.7. The van der Waals surface area contributed by atoms with Crippen LogP contribution < -0.4 is 0 Å². The Labute approximate surface area is 133 Å². The van der Waals surface area contributed by atoms with E-state index in [4.69, 9.17) is 5.26 Å². The van der Waals surface area contributed by atoms with E-state index in [1.165, 1.54) is 12.1 Å². The molecule has 1 aromatic rings. The van der Waals surface area contributed by atoms with E-state index in [1.54, 1.807) is 6.07 Å². The third kappa shape index (κ3) is 2.84. The van der Waals surface area contributed by atoms with Crippen LogP contribution in [-0.4, -0.2) is 29.1 Å². The summed E-state index contributed by atoms with van der Waals surface area (Å²) in [4.78, 5) is 2.19. The van der Waals surface area contributed by atoms with Crippen LogP contribution in [0.25, 0.3) is 0 Å². The fraction of sp³-hybridized carbons (Fsp3) is 0.588. The quantitative estimate of drug-likeness (QED) is 0.861. The predicted octanol–water partition coefficient (Wildman–Crippen LogP) is 3.41. The molecule has 1 aromatic carbocycles. The molecule has 0 aromatic heterocycles. The Morgan fingerprint density at radius 3 is 2.39 bits per heavy atom. The molecular weight excluding hydrogens is 305 g/mol. The van der Waals surface area contributed by atoms with Gasteiger partial charge in [0.15, 0.2) is 0 Å². The summed E-state index contributed by atoms with van der Waals surface area (Å²) in [5.41, 5.74) is -2.50. The van der Waals surface area contributed by atoms with Gasteiger partial charge < -0.3 is 10.0 Å². The number of piperidine rings is 2. The molecule has 0 radical (unpaired) electrons. The van der Waals surface area contributed by atoms with Crippen LogP contribution in [0.4, 0.5) is 13.2 Å². The van der Waals surface area contributed by atoms with Gasteiger partial charge in [-0.2, -0.15) is 18.4 Å². The number of halogens is 3. The van der Waals surface area contributed by atoms with Crippen molar-refractivity contribution in [2.75, 3.05) is 7.05 Å². The third-order valence-corrected chi connectivity index (χ3v) is 5.33. The van der Waals surface area contributed by atoms with Gasteiger partial charge in [0.1, 0.15) is 0 Å². The second kappa shape index (κ2) is 5.50. The maximum atomic E-state index is 13.4. The summed E-state index contributed by atoms with van der Waals surface area (Å²) in [6, 6.07) is 5.43. The molecule has 23 heavy (non-hydrogen) atoms. The van der Waals surface area contributed by atoms with Crippen molar-refractivity contribution in [3.8, 4) is 6.07 Å². The van der Waals surface area contributed by atoms with E-state index in [0.717, 1.165) is 25.3 Å². The lowest BCUT2D eigenvalue weighted by Gasteiger charge is -2.51. The van der Waals surface area contributed by atoms with E-state index in [0.29, 0.717) is 12.8 Å². The molecule has 0 spiro atoms. The molecule has 2 unspecified atom stereocenters. The van der Waals surface area contributed by atoms with Crippen molar-refractivity contribution in [1.82, 2.24) is 4.90 Å². The number of benzene rings is 1. The van der Waals surface area contributed by atoms with Gasteiger partial charge in [-0.3, -0.25) is 0 Å². The summed E-state index contributed by atoms with van der Waals surface area (Å²) < 4.78 is 40.3. The standard InChI is InChI=1S/C17H19F3N2O/c1-22-12-3-2-4-13(22)9-16(23,8-12)14-6-5-11(10-21)7-15(14)17(18,19)20/h5-7,12-13,23H,2-4,8-9H2,1H3. The van der Waals surface area contributed by atoms with Crippen LogP contribution in [0.5, 0.6) is 0 Å². The van der Waals surface area contributed by atoms with Crippen LogP contribution in [0.3, 0.4) is 0 Å². The van der Waals surface area contributed by atoms with Gasteiger partial charge in [0, 0.05) is 12.1 Å². The second-order valence-corrected chi connectivity index (χ2v) is 6.71. The lowest BCUT2D eigenvalue weighted by atomic mass is 9.71. The zero-order valence-corrected chi connectivity index (χ0v) is 12.9. The van der Waals surface area contributed by atoms with Crippen LogP contribution >= 0.6 is 0 Å². The lowest BCUT2D eigenvalue weighted by molar-refractivity contribution is -0.144. The molecular formula is C17H19F3N2O. The number of nitriles is 1. The van der Waals surface area contributed by atoms with Crippen molar-refractivity contribution in [1.29, 1.82) is 5.26 Å². The van der Waals surface area contributed by atoms with E-state index in [9.17, 15) is 18.3 Å². The monoisotopic (exact) mass is 324 g/mol. The summed E-state index contributed by atoms with van der Waals surface area (Å²) in [5, 5.41) is 19.9. The Balaban J connectivity index is 2.06. The Morgan fingerprint density at radius 1 is 1.26 bits per heavy atom. The van der Waals surface area contributed by atoms with Crippen molar-refractivity contribution >= 4 is 0 Å². The highest BCUT2D eigenvalue weighted by atomic mass is 19.4. The average Bonchev–Trinajstić information content (AvgIpc) is 2.47. The fourth-order valence-corrected chi connectivity index (χ4v) is 4.12. The summed E-state index contributed by atoms with van der Waals surface area (Å²) in [5.74, 6) is 0. The van der Waals surface area contributed by atoms with E-state index in [1.807, 2.05) is 7.05 Å². The van der Waals surface area contributed by atoms with Crippen LogP contribution in [0, 0.1) is 11.3 Å². The smallest absolute Gasteiger partial charge is 0.385 e. The number of fused-ring (bicyclic) bond motifs is 2.